The molecule has 5 nitrogen and oxygen atoms in total. The summed E-state index contributed by atoms with van der Waals surface area (Å²) in [4.78, 5) is 15.0. The Morgan fingerprint density at radius 1 is 0.258 bits per heavy atom. The molecule has 0 saturated carbocycles. The minimum atomic E-state index is 0.637. The molecule has 0 radical (unpaired) electrons. The molecule has 3 aromatic heterocycles. The van der Waals surface area contributed by atoms with E-state index in [9.17, 15) is 0 Å². The summed E-state index contributed by atoms with van der Waals surface area (Å²) in [7, 11) is 0. The van der Waals surface area contributed by atoms with Gasteiger partial charge < -0.3 is 9.13 Å². The first-order valence-electron chi connectivity index (χ1n) is 21.0. The number of para-hydroxylation sites is 1. The van der Waals surface area contributed by atoms with Gasteiger partial charge in [-0.2, -0.15) is 0 Å². The smallest absolute Gasteiger partial charge is 0.164 e. The van der Waals surface area contributed by atoms with E-state index in [4.69, 9.17) is 15.0 Å². The van der Waals surface area contributed by atoms with Crippen LogP contribution in [0.25, 0.3) is 121 Å². The van der Waals surface area contributed by atoms with E-state index >= 15 is 0 Å². The lowest BCUT2D eigenvalue weighted by Gasteiger charge is -2.14. The van der Waals surface area contributed by atoms with E-state index in [-0.39, 0.29) is 0 Å². The van der Waals surface area contributed by atoms with Gasteiger partial charge in [-0.3, -0.25) is 0 Å². The van der Waals surface area contributed by atoms with Crippen LogP contribution in [-0.4, -0.2) is 24.1 Å². The molecule has 0 saturated heterocycles. The lowest BCUT2D eigenvalue weighted by molar-refractivity contribution is 1.07. The van der Waals surface area contributed by atoms with Gasteiger partial charge in [0.2, 0.25) is 0 Å². The lowest BCUT2D eigenvalue weighted by Crippen LogP contribution is -2.00. The van der Waals surface area contributed by atoms with Gasteiger partial charge in [0.1, 0.15) is 0 Å². The Hall–Kier alpha value is -8.41. The van der Waals surface area contributed by atoms with Crippen molar-refractivity contribution in [2.75, 3.05) is 0 Å². The number of fused-ring (bicyclic) bond motifs is 9. The maximum Gasteiger partial charge on any atom is 0.164 e. The van der Waals surface area contributed by atoms with E-state index in [0.717, 1.165) is 49.9 Å². The minimum absolute atomic E-state index is 0.637. The van der Waals surface area contributed by atoms with Crippen LogP contribution in [-0.2, 0) is 0 Å². The summed E-state index contributed by atoms with van der Waals surface area (Å²) in [5, 5.41) is 12.1. The highest BCUT2D eigenvalue weighted by Crippen LogP contribution is 2.42. The van der Waals surface area contributed by atoms with Gasteiger partial charge >= 0.3 is 0 Å². The van der Waals surface area contributed by atoms with Gasteiger partial charge in [0, 0.05) is 49.3 Å². The van der Waals surface area contributed by atoms with Crippen molar-refractivity contribution < 1.29 is 0 Å². The SMILES string of the molecule is c1ccc(-c2nc(-c3ccccc3)nc(-c3ccc4c(-n5c6ccccc6c6cc7c8cc9ccccc9cc8n(-c8ccc9ccccc9c8)c7cc65)cccc4c3)n2)cc1. The summed E-state index contributed by atoms with van der Waals surface area (Å²) in [5.41, 5.74) is 9.77. The Morgan fingerprint density at radius 2 is 0.806 bits per heavy atom. The van der Waals surface area contributed by atoms with Crippen molar-refractivity contribution >= 4 is 75.9 Å². The Kier molecular flexibility index (Phi) is 7.54. The first kappa shape index (κ1) is 34.5. The summed E-state index contributed by atoms with van der Waals surface area (Å²) in [6.07, 6.45) is 0. The van der Waals surface area contributed by atoms with Crippen molar-refractivity contribution in [3.05, 3.63) is 212 Å². The summed E-state index contributed by atoms with van der Waals surface area (Å²) < 4.78 is 4.91. The summed E-state index contributed by atoms with van der Waals surface area (Å²) in [5.74, 6) is 1.93. The highest BCUT2D eigenvalue weighted by Gasteiger charge is 2.21. The number of aromatic nitrogens is 5. The van der Waals surface area contributed by atoms with Gasteiger partial charge in [0.25, 0.3) is 0 Å². The molecular weight excluding hydrogens is 755 g/mol. The Morgan fingerprint density at radius 3 is 1.55 bits per heavy atom. The van der Waals surface area contributed by atoms with Gasteiger partial charge in [-0.25, -0.2) is 15.0 Å². The molecule has 0 atom stereocenters. The van der Waals surface area contributed by atoms with Crippen LogP contribution in [0.15, 0.2) is 212 Å². The summed E-state index contributed by atoms with van der Waals surface area (Å²) in [6.45, 7) is 0. The molecule has 0 aliphatic rings. The number of benzene rings is 10. The van der Waals surface area contributed by atoms with Crippen LogP contribution in [0.5, 0.6) is 0 Å². The maximum atomic E-state index is 5.05. The third-order valence-electron chi connectivity index (χ3n) is 12.5. The Labute approximate surface area is 356 Å². The molecule has 3 heterocycles. The number of hydrogen-bond donors (Lipinski definition) is 0. The van der Waals surface area contributed by atoms with Crippen LogP contribution in [0.2, 0.25) is 0 Å². The molecule has 0 aliphatic carbocycles. The normalized spacial score (nSPS) is 11.9. The van der Waals surface area contributed by atoms with Crippen molar-refractivity contribution in [1.29, 1.82) is 0 Å². The molecule has 0 N–H and O–H groups in total. The predicted octanol–water partition coefficient (Wildman–Crippen LogP) is 14.5. The molecule has 0 spiro atoms. The van der Waals surface area contributed by atoms with E-state index in [2.05, 4.69) is 161 Å². The Balaban J connectivity index is 1.05. The molecule has 0 bridgehead atoms. The van der Waals surface area contributed by atoms with Crippen molar-refractivity contribution in [3.63, 3.8) is 0 Å². The molecule has 0 aliphatic heterocycles. The number of rotatable bonds is 5. The molecule has 288 valence electrons. The van der Waals surface area contributed by atoms with Crippen LogP contribution in [0.1, 0.15) is 0 Å². The average molecular weight is 790 g/mol. The third-order valence-corrected chi connectivity index (χ3v) is 12.5. The average Bonchev–Trinajstić information content (AvgIpc) is 3.83. The van der Waals surface area contributed by atoms with Gasteiger partial charge in [0.15, 0.2) is 17.5 Å². The fraction of sp³-hybridized carbons (Fsp3) is 0. The van der Waals surface area contributed by atoms with Crippen LogP contribution < -0.4 is 0 Å². The molecule has 0 unspecified atom stereocenters. The van der Waals surface area contributed by atoms with E-state index in [1.54, 1.807) is 0 Å². The zero-order valence-corrected chi connectivity index (χ0v) is 33.4. The highest BCUT2D eigenvalue weighted by atomic mass is 15.0. The number of hydrogen-bond acceptors (Lipinski definition) is 3. The van der Waals surface area contributed by atoms with Crippen molar-refractivity contribution in [2.45, 2.75) is 0 Å². The summed E-state index contributed by atoms with van der Waals surface area (Å²) >= 11 is 0. The predicted molar refractivity (Wildman–Crippen MR) is 257 cm³/mol. The molecule has 10 aromatic carbocycles. The van der Waals surface area contributed by atoms with Gasteiger partial charge in [-0.1, -0.05) is 158 Å². The van der Waals surface area contributed by atoms with Crippen LogP contribution in [0, 0.1) is 0 Å². The van der Waals surface area contributed by atoms with Crippen molar-refractivity contribution in [1.82, 2.24) is 24.1 Å². The largest absolute Gasteiger partial charge is 0.309 e. The first-order valence-corrected chi connectivity index (χ1v) is 21.0. The zero-order chi connectivity index (χ0) is 40.7. The molecule has 62 heavy (non-hydrogen) atoms. The lowest BCUT2D eigenvalue weighted by atomic mass is 10.0. The topological polar surface area (TPSA) is 48.5 Å². The standard InChI is InChI=1S/C57H35N5/c1-3-15-37(16-4-1)55-58-56(38-17-5-2-6-18-38)60-57(59-55)43-27-29-45-42(30-43)22-13-25-50(45)62-51-24-12-11-23-46(51)48-34-49-47-32-40-20-9-10-21-41(40)33-52(47)61(53(49)35-54(48)62)44-28-26-36-14-7-8-19-39(36)31-44/h1-35H. The fourth-order valence-electron chi connectivity index (χ4n) is 9.56. The minimum Gasteiger partial charge on any atom is -0.309 e. The van der Waals surface area contributed by atoms with E-state index < -0.39 is 0 Å². The molecule has 13 aromatic rings. The quantitative estimate of drug-likeness (QED) is 0.174. The van der Waals surface area contributed by atoms with Crippen LogP contribution in [0.4, 0.5) is 0 Å². The van der Waals surface area contributed by atoms with Gasteiger partial charge in [-0.05, 0) is 81.5 Å². The monoisotopic (exact) mass is 789 g/mol. The van der Waals surface area contributed by atoms with E-state index in [0.29, 0.717) is 17.5 Å². The fourth-order valence-corrected chi connectivity index (χ4v) is 9.56. The molecule has 0 amide bonds. The van der Waals surface area contributed by atoms with Crippen LogP contribution >= 0.6 is 0 Å². The third kappa shape index (κ3) is 5.38. The zero-order valence-electron chi connectivity index (χ0n) is 33.4. The van der Waals surface area contributed by atoms with Gasteiger partial charge in [0.05, 0.1) is 27.8 Å². The van der Waals surface area contributed by atoms with E-state index in [1.807, 2.05) is 60.7 Å². The second-order valence-electron chi connectivity index (χ2n) is 16.1. The first-order chi connectivity index (χ1) is 30.7. The molecule has 0 fully saturated rings. The Bertz CT molecular complexity index is 3860. The van der Waals surface area contributed by atoms with Crippen LogP contribution in [0.3, 0.4) is 0 Å². The molecule has 13 rings (SSSR count). The molecule has 5 heteroatoms. The van der Waals surface area contributed by atoms with Gasteiger partial charge in [-0.15, -0.1) is 0 Å². The molecular formula is C57H35N5. The highest BCUT2D eigenvalue weighted by molar-refractivity contribution is 6.21. The van der Waals surface area contributed by atoms with E-state index in [1.165, 1.54) is 54.1 Å². The van der Waals surface area contributed by atoms with Crippen molar-refractivity contribution in [2.24, 2.45) is 0 Å². The second kappa shape index (κ2) is 13.6. The second-order valence-corrected chi connectivity index (χ2v) is 16.1. The van der Waals surface area contributed by atoms with Crippen molar-refractivity contribution in [3.8, 4) is 45.5 Å². The maximum absolute atomic E-state index is 5.05. The number of nitrogens with zero attached hydrogens (tertiary/aromatic N) is 5. The summed E-state index contributed by atoms with van der Waals surface area (Å²) in [6, 6.07) is 76.0.